The summed E-state index contributed by atoms with van der Waals surface area (Å²) in [4.78, 5) is 11.9. The molecule has 90 valence electrons. The molecule has 0 unspecified atom stereocenters. The summed E-state index contributed by atoms with van der Waals surface area (Å²) in [5.41, 5.74) is 2.39. The van der Waals surface area contributed by atoms with Gasteiger partial charge in [-0.05, 0) is 26.0 Å². The highest BCUT2D eigenvalue weighted by Crippen LogP contribution is 2.11. The van der Waals surface area contributed by atoms with E-state index in [1.165, 1.54) is 0 Å². The number of nitrogens with zero attached hydrogens (tertiary/aromatic N) is 2. The number of amides is 1. The fraction of sp³-hybridized carbons (Fsp3) is 0.333. The Hall–Kier alpha value is -2.04. The second kappa shape index (κ2) is 4.45. The van der Waals surface area contributed by atoms with E-state index in [1.807, 2.05) is 33.2 Å². The Balaban J connectivity index is 2.05. The van der Waals surface area contributed by atoms with Gasteiger partial charge in [-0.3, -0.25) is 4.79 Å². The maximum Gasteiger partial charge on any atom is 0.268 e. The first-order chi connectivity index (χ1) is 8.09. The number of hydrogen-bond acceptors (Lipinski definition) is 3. The minimum absolute atomic E-state index is 0.0995. The molecule has 0 aliphatic heterocycles. The van der Waals surface area contributed by atoms with Crippen LogP contribution in [0, 0.1) is 13.8 Å². The van der Waals surface area contributed by atoms with Gasteiger partial charge in [0.25, 0.3) is 5.91 Å². The number of aromatic nitrogens is 2. The molecule has 0 saturated carbocycles. The normalized spacial score (nSPS) is 10.5. The topological polar surface area (TPSA) is 60.1 Å². The van der Waals surface area contributed by atoms with Crippen LogP contribution in [0.15, 0.2) is 22.9 Å². The molecule has 5 heteroatoms. The van der Waals surface area contributed by atoms with E-state index in [0.29, 0.717) is 12.2 Å². The van der Waals surface area contributed by atoms with Crippen LogP contribution in [-0.4, -0.2) is 15.6 Å². The van der Waals surface area contributed by atoms with Crippen molar-refractivity contribution in [1.82, 2.24) is 15.0 Å². The summed E-state index contributed by atoms with van der Waals surface area (Å²) in [7, 11) is 1.84. The van der Waals surface area contributed by atoms with Gasteiger partial charge in [-0.2, -0.15) is 0 Å². The molecule has 2 aromatic rings. The summed E-state index contributed by atoms with van der Waals surface area (Å²) < 4.78 is 6.82. The number of hydrogen-bond donors (Lipinski definition) is 1. The Bertz CT molecular complexity index is 520. The molecule has 0 aromatic carbocycles. The van der Waals surface area contributed by atoms with Crippen molar-refractivity contribution in [2.45, 2.75) is 20.4 Å². The van der Waals surface area contributed by atoms with Gasteiger partial charge in [0.2, 0.25) is 0 Å². The van der Waals surface area contributed by atoms with Crippen LogP contribution >= 0.6 is 0 Å². The lowest BCUT2D eigenvalue weighted by molar-refractivity contribution is 0.0942. The van der Waals surface area contributed by atoms with Gasteiger partial charge in [0.15, 0.2) is 0 Å². The summed E-state index contributed by atoms with van der Waals surface area (Å²) in [5.74, 6) is 0.646. The highest BCUT2D eigenvalue weighted by atomic mass is 16.5. The van der Waals surface area contributed by atoms with E-state index in [1.54, 1.807) is 10.6 Å². The molecule has 1 amide bonds. The molecular weight excluding hydrogens is 218 g/mol. The monoisotopic (exact) mass is 233 g/mol. The minimum atomic E-state index is -0.0995. The number of rotatable bonds is 3. The van der Waals surface area contributed by atoms with Crippen LogP contribution in [-0.2, 0) is 13.6 Å². The maximum atomic E-state index is 11.9. The third-order valence-electron chi connectivity index (χ3n) is 2.78. The smallest absolute Gasteiger partial charge is 0.268 e. The first-order valence-corrected chi connectivity index (χ1v) is 5.41. The van der Waals surface area contributed by atoms with Crippen molar-refractivity contribution in [3.63, 3.8) is 0 Å². The number of carbonyl (C=O) groups is 1. The number of nitrogens with one attached hydrogen (secondary N) is 1. The highest BCUT2D eigenvalue weighted by molar-refractivity contribution is 5.92. The van der Waals surface area contributed by atoms with Crippen molar-refractivity contribution in [1.29, 1.82) is 0 Å². The third-order valence-corrected chi connectivity index (χ3v) is 2.78. The van der Waals surface area contributed by atoms with E-state index in [4.69, 9.17) is 4.52 Å². The summed E-state index contributed by atoms with van der Waals surface area (Å²) >= 11 is 0. The first-order valence-electron chi connectivity index (χ1n) is 5.41. The van der Waals surface area contributed by atoms with E-state index in [0.717, 1.165) is 17.0 Å². The second-order valence-corrected chi connectivity index (χ2v) is 3.99. The molecule has 0 saturated heterocycles. The minimum Gasteiger partial charge on any atom is -0.361 e. The van der Waals surface area contributed by atoms with Crippen LogP contribution in [0.4, 0.5) is 0 Å². The van der Waals surface area contributed by atoms with Gasteiger partial charge in [-0.15, -0.1) is 0 Å². The van der Waals surface area contributed by atoms with Gasteiger partial charge in [-0.25, -0.2) is 0 Å². The van der Waals surface area contributed by atoms with E-state index in [2.05, 4.69) is 10.5 Å². The molecule has 0 aliphatic carbocycles. The van der Waals surface area contributed by atoms with Crippen molar-refractivity contribution in [2.75, 3.05) is 0 Å². The fourth-order valence-corrected chi connectivity index (χ4v) is 1.71. The lowest BCUT2D eigenvalue weighted by Gasteiger charge is -2.05. The average molecular weight is 233 g/mol. The van der Waals surface area contributed by atoms with Gasteiger partial charge in [0, 0.05) is 25.4 Å². The Morgan fingerprint density at radius 2 is 2.29 bits per heavy atom. The standard InChI is InChI=1S/C12H15N3O2/c1-8-10(9(2)17-14-8)7-13-12(16)11-5-4-6-15(11)3/h4-6H,7H2,1-3H3,(H,13,16). The number of aryl methyl sites for hydroxylation is 3. The summed E-state index contributed by atoms with van der Waals surface area (Å²) in [5, 5.41) is 6.69. The molecule has 1 N–H and O–H groups in total. The van der Waals surface area contributed by atoms with Gasteiger partial charge < -0.3 is 14.4 Å². The van der Waals surface area contributed by atoms with E-state index in [-0.39, 0.29) is 5.91 Å². The predicted molar refractivity (Wildman–Crippen MR) is 62.6 cm³/mol. The molecule has 5 nitrogen and oxygen atoms in total. The van der Waals surface area contributed by atoms with Crippen molar-refractivity contribution in [3.05, 3.63) is 41.0 Å². The molecule has 0 bridgehead atoms. The average Bonchev–Trinajstić information content (AvgIpc) is 2.84. The van der Waals surface area contributed by atoms with Gasteiger partial charge in [-0.1, -0.05) is 5.16 Å². The van der Waals surface area contributed by atoms with Gasteiger partial charge in [0.1, 0.15) is 11.5 Å². The Kier molecular flexibility index (Phi) is 2.99. The molecule has 0 fully saturated rings. The zero-order valence-electron chi connectivity index (χ0n) is 10.2. The highest BCUT2D eigenvalue weighted by Gasteiger charge is 2.12. The largest absolute Gasteiger partial charge is 0.361 e. The van der Waals surface area contributed by atoms with Crippen LogP contribution in [0.1, 0.15) is 27.5 Å². The Morgan fingerprint density at radius 3 is 2.82 bits per heavy atom. The van der Waals surface area contributed by atoms with Crippen molar-refractivity contribution in [3.8, 4) is 0 Å². The molecule has 0 spiro atoms. The van der Waals surface area contributed by atoms with Crippen molar-refractivity contribution in [2.24, 2.45) is 7.05 Å². The molecule has 2 heterocycles. The Morgan fingerprint density at radius 1 is 1.53 bits per heavy atom. The molecule has 2 aromatic heterocycles. The van der Waals surface area contributed by atoms with Gasteiger partial charge in [0.05, 0.1) is 5.69 Å². The van der Waals surface area contributed by atoms with Gasteiger partial charge >= 0.3 is 0 Å². The summed E-state index contributed by atoms with van der Waals surface area (Å²) in [6, 6.07) is 3.62. The van der Waals surface area contributed by atoms with Crippen LogP contribution in [0.5, 0.6) is 0 Å². The van der Waals surface area contributed by atoms with Crippen LogP contribution in [0.2, 0.25) is 0 Å². The lowest BCUT2D eigenvalue weighted by atomic mass is 10.2. The first kappa shape index (κ1) is 11.4. The van der Waals surface area contributed by atoms with E-state index < -0.39 is 0 Å². The molecule has 0 radical (unpaired) electrons. The maximum absolute atomic E-state index is 11.9. The molecular formula is C12H15N3O2. The number of carbonyl (C=O) groups excluding carboxylic acids is 1. The van der Waals surface area contributed by atoms with E-state index >= 15 is 0 Å². The predicted octanol–water partition coefficient (Wildman–Crippen LogP) is 1.56. The van der Waals surface area contributed by atoms with Crippen molar-refractivity contribution < 1.29 is 9.32 Å². The molecule has 0 atom stereocenters. The third kappa shape index (κ3) is 2.22. The second-order valence-electron chi connectivity index (χ2n) is 3.99. The van der Waals surface area contributed by atoms with E-state index in [9.17, 15) is 4.79 Å². The summed E-state index contributed by atoms with van der Waals surface area (Å²) in [6.07, 6.45) is 1.84. The fourth-order valence-electron chi connectivity index (χ4n) is 1.71. The molecule has 17 heavy (non-hydrogen) atoms. The zero-order valence-corrected chi connectivity index (χ0v) is 10.2. The molecule has 2 rings (SSSR count). The van der Waals surface area contributed by atoms with Crippen LogP contribution < -0.4 is 5.32 Å². The zero-order chi connectivity index (χ0) is 12.4. The van der Waals surface area contributed by atoms with Crippen LogP contribution in [0.3, 0.4) is 0 Å². The summed E-state index contributed by atoms with van der Waals surface area (Å²) in [6.45, 7) is 4.13. The lowest BCUT2D eigenvalue weighted by Crippen LogP contribution is -2.25. The quantitative estimate of drug-likeness (QED) is 0.875. The molecule has 0 aliphatic rings. The van der Waals surface area contributed by atoms with Crippen molar-refractivity contribution >= 4 is 5.91 Å². The SMILES string of the molecule is Cc1noc(C)c1CNC(=O)c1cccn1C. The Labute approximate surface area is 99.4 Å². The van der Waals surface area contributed by atoms with Crippen LogP contribution in [0.25, 0.3) is 0 Å².